The molecule has 0 amide bonds. The standard InChI is InChI=1S/C12H13NO6/c1-17-7-3-4-10(8(5-7)13(15)16)19-11-6-9(14)12(11)18-2/h3-5,11-12H,6H2,1-2H3. The predicted molar refractivity (Wildman–Crippen MR) is 64.5 cm³/mol. The first kappa shape index (κ1) is 13.3. The third kappa shape index (κ3) is 2.50. The van der Waals surface area contributed by atoms with Crippen LogP contribution in [0.1, 0.15) is 6.42 Å². The van der Waals surface area contributed by atoms with Gasteiger partial charge in [0.1, 0.15) is 11.9 Å². The lowest BCUT2D eigenvalue weighted by Gasteiger charge is -2.33. The fourth-order valence-electron chi connectivity index (χ4n) is 1.88. The number of nitrogens with zero attached hydrogens (tertiary/aromatic N) is 1. The molecule has 2 rings (SSSR count). The van der Waals surface area contributed by atoms with Crippen molar-refractivity contribution in [3.05, 3.63) is 28.3 Å². The highest BCUT2D eigenvalue weighted by molar-refractivity contribution is 5.90. The Balaban J connectivity index is 2.20. The number of methoxy groups -OCH3 is 2. The normalized spacial score (nSPS) is 21.7. The molecule has 1 aliphatic carbocycles. The number of ether oxygens (including phenoxy) is 3. The van der Waals surface area contributed by atoms with Gasteiger partial charge in [0.15, 0.2) is 17.6 Å². The van der Waals surface area contributed by atoms with Crippen molar-refractivity contribution in [2.24, 2.45) is 0 Å². The molecule has 1 aliphatic rings. The minimum absolute atomic E-state index is 0.0661. The lowest BCUT2D eigenvalue weighted by atomic mass is 9.90. The van der Waals surface area contributed by atoms with E-state index in [9.17, 15) is 14.9 Å². The molecule has 0 bridgehead atoms. The first-order valence-corrected chi connectivity index (χ1v) is 5.61. The van der Waals surface area contributed by atoms with E-state index in [1.54, 1.807) is 6.07 Å². The maximum Gasteiger partial charge on any atom is 0.314 e. The van der Waals surface area contributed by atoms with Gasteiger partial charge in [0.25, 0.3) is 0 Å². The van der Waals surface area contributed by atoms with Gasteiger partial charge in [-0.05, 0) is 12.1 Å². The van der Waals surface area contributed by atoms with E-state index in [2.05, 4.69) is 0 Å². The summed E-state index contributed by atoms with van der Waals surface area (Å²) in [5, 5.41) is 11.0. The molecule has 1 saturated carbocycles. The molecule has 1 aromatic rings. The van der Waals surface area contributed by atoms with Crippen LogP contribution in [0.15, 0.2) is 18.2 Å². The molecular weight excluding hydrogens is 254 g/mol. The summed E-state index contributed by atoms with van der Waals surface area (Å²) in [5.74, 6) is 0.404. The van der Waals surface area contributed by atoms with Crippen molar-refractivity contribution >= 4 is 11.5 Å². The van der Waals surface area contributed by atoms with Crippen LogP contribution in [0.4, 0.5) is 5.69 Å². The summed E-state index contributed by atoms with van der Waals surface area (Å²) in [5.41, 5.74) is -0.200. The first-order chi connectivity index (χ1) is 9.06. The third-order valence-corrected chi connectivity index (χ3v) is 2.95. The Labute approximate surface area is 109 Å². The number of nitro benzene ring substituents is 1. The van der Waals surface area contributed by atoms with E-state index in [-0.39, 0.29) is 23.6 Å². The molecule has 0 saturated heterocycles. The van der Waals surface area contributed by atoms with Crippen LogP contribution in [0.3, 0.4) is 0 Å². The van der Waals surface area contributed by atoms with Crippen molar-refractivity contribution < 1.29 is 23.9 Å². The van der Waals surface area contributed by atoms with E-state index in [1.165, 1.54) is 26.4 Å². The maximum absolute atomic E-state index is 11.2. The summed E-state index contributed by atoms with van der Waals surface area (Å²) >= 11 is 0. The molecule has 7 heteroatoms. The van der Waals surface area contributed by atoms with Gasteiger partial charge in [0.05, 0.1) is 18.1 Å². The molecule has 1 aromatic carbocycles. The molecule has 2 unspecified atom stereocenters. The van der Waals surface area contributed by atoms with Crippen LogP contribution >= 0.6 is 0 Å². The Morgan fingerprint density at radius 1 is 1.37 bits per heavy atom. The zero-order chi connectivity index (χ0) is 14.0. The first-order valence-electron chi connectivity index (χ1n) is 5.61. The molecule has 102 valence electrons. The maximum atomic E-state index is 11.2. The number of Topliss-reactive ketones (excluding diaryl/α,β-unsaturated/α-hetero) is 1. The van der Waals surface area contributed by atoms with Crippen molar-refractivity contribution in [3.63, 3.8) is 0 Å². The monoisotopic (exact) mass is 267 g/mol. The second-order valence-corrected chi connectivity index (χ2v) is 4.07. The number of hydrogen-bond donors (Lipinski definition) is 0. The molecule has 1 fully saturated rings. The van der Waals surface area contributed by atoms with E-state index in [0.717, 1.165) is 0 Å². The molecular formula is C12H13NO6. The Kier molecular flexibility index (Phi) is 3.66. The van der Waals surface area contributed by atoms with Crippen LogP contribution in [0.5, 0.6) is 11.5 Å². The average Bonchev–Trinajstić information content (AvgIpc) is 2.38. The number of benzene rings is 1. The molecule has 0 spiro atoms. The molecule has 0 radical (unpaired) electrons. The summed E-state index contributed by atoms with van der Waals surface area (Å²) in [6.45, 7) is 0. The molecule has 0 aliphatic heterocycles. The van der Waals surface area contributed by atoms with E-state index in [4.69, 9.17) is 14.2 Å². The van der Waals surface area contributed by atoms with Gasteiger partial charge < -0.3 is 14.2 Å². The van der Waals surface area contributed by atoms with Crippen molar-refractivity contribution in [1.82, 2.24) is 0 Å². The van der Waals surface area contributed by atoms with Gasteiger partial charge in [-0.1, -0.05) is 0 Å². The lowest BCUT2D eigenvalue weighted by Crippen LogP contribution is -2.51. The quantitative estimate of drug-likeness (QED) is 0.591. The molecule has 0 aromatic heterocycles. The van der Waals surface area contributed by atoms with Gasteiger partial charge >= 0.3 is 5.69 Å². The highest BCUT2D eigenvalue weighted by atomic mass is 16.6. The minimum Gasteiger partial charge on any atom is -0.496 e. The van der Waals surface area contributed by atoms with Gasteiger partial charge in [-0.3, -0.25) is 14.9 Å². The zero-order valence-corrected chi connectivity index (χ0v) is 10.5. The van der Waals surface area contributed by atoms with Crippen molar-refractivity contribution in [1.29, 1.82) is 0 Å². The largest absolute Gasteiger partial charge is 0.496 e. The SMILES string of the molecule is COc1ccc(OC2CC(=O)C2OC)c([N+](=O)[O-])c1. The number of rotatable bonds is 5. The van der Waals surface area contributed by atoms with Gasteiger partial charge in [0.2, 0.25) is 0 Å². The Hall–Kier alpha value is -2.15. The minimum atomic E-state index is -0.651. The zero-order valence-electron chi connectivity index (χ0n) is 10.5. The molecule has 19 heavy (non-hydrogen) atoms. The van der Waals surface area contributed by atoms with Gasteiger partial charge in [-0.2, -0.15) is 0 Å². The number of hydrogen-bond acceptors (Lipinski definition) is 6. The van der Waals surface area contributed by atoms with Gasteiger partial charge in [-0.25, -0.2) is 0 Å². The third-order valence-electron chi connectivity index (χ3n) is 2.95. The fourth-order valence-corrected chi connectivity index (χ4v) is 1.88. The molecule has 7 nitrogen and oxygen atoms in total. The Morgan fingerprint density at radius 2 is 2.11 bits per heavy atom. The van der Waals surface area contributed by atoms with Crippen LogP contribution in [-0.2, 0) is 9.53 Å². The van der Waals surface area contributed by atoms with Crippen molar-refractivity contribution in [3.8, 4) is 11.5 Å². The average molecular weight is 267 g/mol. The van der Waals surface area contributed by atoms with Crippen LogP contribution < -0.4 is 9.47 Å². The molecule has 0 heterocycles. The summed E-state index contributed by atoms with van der Waals surface area (Å²) < 4.78 is 15.4. The lowest BCUT2D eigenvalue weighted by molar-refractivity contribution is -0.386. The number of carbonyl (C=O) groups is 1. The highest BCUT2D eigenvalue weighted by Crippen LogP contribution is 2.34. The number of ketones is 1. The van der Waals surface area contributed by atoms with Crippen LogP contribution in [0.25, 0.3) is 0 Å². The summed E-state index contributed by atoms with van der Waals surface area (Å²) in [6, 6.07) is 4.29. The number of nitro groups is 1. The second-order valence-electron chi connectivity index (χ2n) is 4.07. The van der Waals surface area contributed by atoms with Crippen LogP contribution in [0, 0.1) is 10.1 Å². The van der Waals surface area contributed by atoms with Gasteiger partial charge in [0, 0.05) is 13.5 Å². The molecule has 2 atom stereocenters. The number of carbonyl (C=O) groups excluding carboxylic acids is 1. The highest BCUT2D eigenvalue weighted by Gasteiger charge is 2.42. The van der Waals surface area contributed by atoms with E-state index < -0.39 is 17.1 Å². The Bertz CT molecular complexity index is 515. The van der Waals surface area contributed by atoms with Crippen LogP contribution in [0.2, 0.25) is 0 Å². The summed E-state index contributed by atoms with van der Waals surface area (Å²) in [7, 11) is 2.83. The predicted octanol–water partition coefficient (Wildman–Crippen LogP) is 1.34. The topological polar surface area (TPSA) is 87.9 Å². The Morgan fingerprint density at radius 3 is 2.63 bits per heavy atom. The van der Waals surface area contributed by atoms with Crippen molar-refractivity contribution in [2.45, 2.75) is 18.6 Å². The van der Waals surface area contributed by atoms with Crippen molar-refractivity contribution in [2.75, 3.05) is 14.2 Å². The molecule has 0 N–H and O–H groups in total. The van der Waals surface area contributed by atoms with E-state index in [0.29, 0.717) is 5.75 Å². The van der Waals surface area contributed by atoms with Crippen LogP contribution in [-0.4, -0.2) is 37.1 Å². The second kappa shape index (κ2) is 5.23. The smallest absolute Gasteiger partial charge is 0.314 e. The van der Waals surface area contributed by atoms with E-state index in [1.807, 2.05) is 0 Å². The van der Waals surface area contributed by atoms with E-state index >= 15 is 0 Å². The summed E-state index contributed by atoms with van der Waals surface area (Å²) in [6.07, 6.45) is -0.937. The van der Waals surface area contributed by atoms with Gasteiger partial charge in [-0.15, -0.1) is 0 Å². The fraction of sp³-hybridized carbons (Fsp3) is 0.417. The summed E-state index contributed by atoms with van der Waals surface area (Å²) in [4.78, 5) is 21.6.